The lowest BCUT2D eigenvalue weighted by molar-refractivity contribution is -0.138. The van der Waals surface area contributed by atoms with Crippen LogP contribution in [0.25, 0.3) is 0 Å². The van der Waals surface area contributed by atoms with Gasteiger partial charge in [-0.3, -0.25) is 4.98 Å². The molecule has 100 valence electrons. The number of alkyl halides is 3. The third kappa shape index (κ3) is 2.66. The minimum absolute atomic E-state index is 0.195. The molecule has 2 unspecified atom stereocenters. The van der Waals surface area contributed by atoms with Crippen molar-refractivity contribution in [3.63, 3.8) is 0 Å². The number of nitrogens with one attached hydrogen (secondary N) is 1. The molecule has 0 aliphatic heterocycles. The van der Waals surface area contributed by atoms with Crippen LogP contribution >= 0.6 is 0 Å². The van der Waals surface area contributed by atoms with Gasteiger partial charge >= 0.3 is 6.18 Å². The van der Waals surface area contributed by atoms with Crippen LogP contribution in [0.5, 0.6) is 0 Å². The zero-order valence-electron chi connectivity index (χ0n) is 10.5. The largest absolute Gasteiger partial charge is 0.416 e. The maximum absolute atomic E-state index is 13.0. The number of rotatable bonds is 4. The van der Waals surface area contributed by atoms with Crippen molar-refractivity contribution in [2.24, 2.45) is 11.8 Å². The Hall–Kier alpha value is -1.10. The fourth-order valence-electron chi connectivity index (χ4n) is 2.51. The molecule has 18 heavy (non-hydrogen) atoms. The van der Waals surface area contributed by atoms with E-state index in [1.165, 1.54) is 12.4 Å². The number of halogens is 3. The van der Waals surface area contributed by atoms with Crippen molar-refractivity contribution in [3.8, 4) is 0 Å². The Morgan fingerprint density at radius 3 is 2.56 bits per heavy atom. The van der Waals surface area contributed by atoms with Crippen molar-refractivity contribution in [2.75, 3.05) is 7.05 Å². The van der Waals surface area contributed by atoms with Crippen LogP contribution in [0.15, 0.2) is 18.5 Å². The van der Waals surface area contributed by atoms with Crippen LogP contribution < -0.4 is 5.32 Å². The minimum Gasteiger partial charge on any atom is -0.313 e. The van der Waals surface area contributed by atoms with Gasteiger partial charge in [-0.2, -0.15) is 13.2 Å². The van der Waals surface area contributed by atoms with Gasteiger partial charge in [0, 0.05) is 18.4 Å². The highest BCUT2D eigenvalue weighted by Gasteiger charge is 2.39. The molecule has 0 saturated heterocycles. The molecule has 1 aliphatic carbocycles. The molecule has 0 amide bonds. The number of hydrogen-bond acceptors (Lipinski definition) is 2. The summed E-state index contributed by atoms with van der Waals surface area (Å²) in [5.74, 6) is 0.726. The Morgan fingerprint density at radius 2 is 2.06 bits per heavy atom. The lowest BCUT2D eigenvalue weighted by Gasteiger charge is -2.26. The Labute approximate surface area is 105 Å². The van der Waals surface area contributed by atoms with E-state index in [1.807, 2.05) is 6.92 Å². The highest BCUT2D eigenvalue weighted by molar-refractivity contribution is 5.30. The average Bonchev–Trinajstić information content (AvgIpc) is 3.13. The summed E-state index contributed by atoms with van der Waals surface area (Å²) in [7, 11) is 1.71. The Balaban J connectivity index is 2.35. The van der Waals surface area contributed by atoms with Crippen molar-refractivity contribution in [3.05, 3.63) is 29.6 Å². The first-order valence-corrected chi connectivity index (χ1v) is 6.13. The Bertz CT molecular complexity index is 413. The van der Waals surface area contributed by atoms with E-state index in [0.29, 0.717) is 5.92 Å². The molecule has 2 atom stereocenters. The van der Waals surface area contributed by atoms with Gasteiger partial charge in [0.05, 0.1) is 5.56 Å². The summed E-state index contributed by atoms with van der Waals surface area (Å²) in [4.78, 5) is 3.85. The normalized spacial score (nSPS) is 19.6. The monoisotopic (exact) mass is 258 g/mol. The van der Waals surface area contributed by atoms with Gasteiger partial charge in [-0.25, -0.2) is 0 Å². The third-order valence-electron chi connectivity index (χ3n) is 3.69. The molecule has 0 bridgehead atoms. The van der Waals surface area contributed by atoms with E-state index in [9.17, 15) is 13.2 Å². The molecule has 0 radical (unpaired) electrons. The first-order valence-electron chi connectivity index (χ1n) is 6.13. The van der Waals surface area contributed by atoms with Crippen LogP contribution in [-0.4, -0.2) is 12.0 Å². The quantitative estimate of drug-likeness (QED) is 0.895. The second kappa shape index (κ2) is 4.88. The fourth-order valence-corrected chi connectivity index (χ4v) is 2.51. The van der Waals surface area contributed by atoms with Crippen LogP contribution in [-0.2, 0) is 6.18 Å². The molecule has 1 aliphatic rings. The van der Waals surface area contributed by atoms with Crippen LogP contribution in [0.1, 0.15) is 36.9 Å². The van der Waals surface area contributed by atoms with Gasteiger partial charge in [-0.1, -0.05) is 6.92 Å². The van der Waals surface area contributed by atoms with E-state index in [1.54, 1.807) is 7.05 Å². The maximum atomic E-state index is 13.0. The van der Waals surface area contributed by atoms with Gasteiger partial charge in [0.1, 0.15) is 0 Å². The second-order valence-corrected chi connectivity index (χ2v) is 4.92. The van der Waals surface area contributed by atoms with Gasteiger partial charge in [0.2, 0.25) is 0 Å². The van der Waals surface area contributed by atoms with Gasteiger partial charge in [0.25, 0.3) is 0 Å². The van der Waals surface area contributed by atoms with E-state index in [-0.39, 0.29) is 17.5 Å². The van der Waals surface area contributed by atoms with Crippen molar-refractivity contribution in [1.29, 1.82) is 0 Å². The first-order chi connectivity index (χ1) is 8.45. The Morgan fingerprint density at radius 1 is 1.39 bits per heavy atom. The molecule has 1 N–H and O–H groups in total. The SMILES string of the molecule is CNC(c1cnccc1C(F)(F)F)C(C)C1CC1. The molecule has 2 rings (SSSR count). The molecule has 5 heteroatoms. The van der Waals surface area contributed by atoms with E-state index in [2.05, 4.69) is 10.3 Å². The van der Waals surface area contributed by atoms with Crippen molar-refractivity contribution < 1.29 is 13.2 Å². The van der Waals surface area contributed by atoms with Gasteiger partial charge < -0.3 is 5.32 Å². The number of nitrogens with zero attached hydrogens (tertiary/aromatic N) is 1. The molecule has 1 aromatic heterocycles. The minimum atomic E-state index is -4.32. The zero-order valence-corrected chi connectivity index (χ0v) is 10.5. The molecule has 1 aromatic rings. The molecule has 1 heterocycles. The molecular formula is C13H17F3N2. The molecule has 2 nitrogen and oxygen atoms in total. The highest BCUT2D eigenvalue weighted by atomic mass is 19.4. The lowest BCUT2D eigenvalue weighted by Crippen LogP contribution is -2.27. The highest BCUT2D eigenvalue weighted by Crippen LogP contribution is 2.44. The molecule has 1 fully saturated rings. The summed E-state index contributed by atoms with van der Waals surface area (Å²) in [5, 5.41) is 3.01. The Kier molecular flexibility index (Phi) is 3.61. The van der Waals surface area contributed by atoms with Crippen LogP contribution in [0, 0.1) is 11.8 Å². The van der Waals surface area contributed by atoms with Crippen molar-refractivity contribution in [2.45, 2.75) is 32.0 Å². The first kappa shape index (κ1) is 13.3. The van der Waals surface area contributed by atoms with Crippen molar-refractivity contribution in [1.82, 2.24) is 10.3 Å². The van der Waals surface area contributed by atoms with Gasteiger partial charge in [0.15, 0.2) is 0 Å². The van der Waals surface area contributed by atoms with Crippen LogP contribution in [0.3, 0.4) is 0 Å². The zero-order chi connectivity index (χ0) is 13.3. The number of pyridine rings is 1. The summed E-state index contributed by atoms with van der Waals surface area (Å²) < 4.78 is 38.9. The maximum Gasteiger partial charge on any atom is 0.416 e. The van der Waals surface area contributed by atoms with E-state index in [4.69, 9.17) is 0 Å². The van der Waals surface area contributed by atoms with Crippen LogP contribution in [0.4, 0.5) is 13.2 Å². The second-order valence-electron chi connectivity index (χ2n) is 4.92. The average molecular weight is 258 g/mol. The predicted molar refractivity (Wildman–Crippen MR) is 62.9 cm³/mol. The van der Waals surface area contributed by atoms with Crippen LogP contribution in [0.2, 0.25) is 0 Å². The molecular weight excluding hydrogens is 241 g/mol. The lowest BCUT2D eigenvalue weighted by atomic mass is 9.89. The van der Waals surface area contributed by atoms with E-state index >= 15 is 0 Å². The van der Waals surface area contributed by atoms with E-state index < -0.39 is 11.7 Å². The summed E-state index contributed by atoms with van der Waals surface area (Å²) in [6, 6.07) is 0.766. The summed E-state index contributed by atoms with van der Waals surface area (Å²) in [5.41, 5.74) is -0.323. The summed E-state index contributed by atoms with van der Waals surface area (Å²) in [6.07, 6.45) is 0.433. The van der Waals surface area contributed by atoms with Crippen molar-refractivity contribution >= 4 is 0 Å². The third-order valence-corrected chi connectivity index (χ3v) is 3.69. The fraction of sp³-hybridized carbons (Fsp3) is 0.615. The van der Waals surface area contributed by atoms with Gasteiger partial charge in [-0.15, -0.1) is 0 Å². The predicted octanol–water partition coefficient (Wildman–Crippen LogP) is 3.41. The topological polar surface area (TPSA) is 24.9 Å². The molecule has 0 aromatic carbocycles. The summed E-state index contributed by atoms with van der Waals surface area (Å²) in [6.45, 7) is 2.01. The van der Waals surface area contributed by atoms with Gasteiger partial charge in [-0.05, 0) is 43.4 Å². The van der Waals surface area contributed by atoms with E-state index in [0.717, 1.165) is 18.9 Å². The standard InChI is InChI=1S/C13H17F3N2/c1-8(9-3-4-9)12(17-2)10-7-18-6-5-11(10)13(14,15)16/h5-9,12,17H,3-4H2,1-2H3. The smallest absolute Gasteiger partial charge is 0.313 e. The molecule has 1 saturated carbocycles. The molecule has 0 spiro atoms. The number of aromatic nitrogens is 1. The number of hydrogen-bond donors (Lipinski definition) is 1. The summed E-state index contributed by atoms with van der Waals surface area (Å²) >= 11 is 0.